The zero-order valence-electron chi connectivity index (χ0n) is 17.4. The number of fused-ring (bicyclic) bond motifs is 1. The maximum atomic E-state index is 13.8. The van der Waals surface area contributed by atoms with Gasteiger partial charge < -0.3 is 29.2 Å². The van der Waals surface area contributed by atoms with E-state index in [4.69, 9.17) is 30.3 Å². The Morgan fingerprint density at radius 1 is 1.12 bits per heavy atom. The summed E-state index contributed by atoms with van der Waals surface area (Å²) in [7, 11) is 2.74. The minimum Gasteiger partial charge on any atom is -0.497 e. The first kappa shape index (κ1) is 22.5. The lowest BCUT2D eigenvalue weighted by Gasteiger charge is -2.26. The lowest BCUT2D eigenvalue weighted by Crippen LogP contribution is -2.15. The number of hydrogen-bond donors (Lipinski definition) is 2. The SMILES string of the molecule is COc1ccc(CNc2ccc(Cl)cc2C(O)c2cccc3c2OC(F)PO3)c(OC)c1. The third kappa shape index (κ3) is 4.70. The van der Waals surface area contributed by atoms with Gasteiger partial charge in [-0.1, -0.05) is 23.7 Å². The fourth-order valence-corrected chi connectivity index (χ4v) is 4.20. The lowest BCUT2D eigenvalue weighted by molar-refractivity contribution is 0.123. The van der Waals surface area contributed by atoms with Gasteiger partial charge in [0.05, 0.1) is 14.2 Å². The quantitative estimate of drug-likeness (QED) is 0.427. The number of anilines is 1. The molecule has 0 aliphatic carbocycles. The van der Waals surface area contributed by atoms with Crippen molar-refractivity contribution in [2.75, 3.05) is 19.5 Å². The fourth-order valence-electron chi connectivity index (χ4n) is 3.47. The summed E-state index contributed by atoms with van der Waals surface area (Å²) < 4.78 is 35.3. The summed E-state index contributed by atoms with van der Waals surface area (Å²) in [5.41, 5.74) is 2.47. The Morgan fingerprint density at radius 3 is 2.75 bits per heavy atom. The van der Waals surface area contributed by atoms with Crippen molar-refractivity contribution in [2.24, 2.45) is 0 Å². The molecular formula is C23H22ClFNO5P. The number of methoxy groups -OCH3 is 2. The second-order valence-corrected chi connectivity index (χ2v) is 8.32. The van der Waals surface area contributed by atoms with Gasteiger partial charge in [-0.15, -0.1) is 0 Å². The average molecular weight is 478 g/mol. The van der Waals surface area contributed by atoms with E-state index < -0.39 is 21.0 Å². The largest absolute Gasteiger partial charge is 0.497 e. The summed E-state index contributed by atoms with van der Waals surface area (Å²) in [5, 5.41) is 15.0. The van der Waals surface area contributed by atoms with Gasteiger partial charge in [0, 0.05) is 40.0 Å². The van der Waals surface area contributed by atoms with Gasteiger partial charge in [0.25, 0.3) is 6.10 Å². The zero-order valence-corrected chi connectivity index (χ0v) is 19.2. The summed E-state index contributed by atoms with van der Waals surface area (Å²) in [4.78, 5) is 0. The van der Waals surface area contributed by atoms with Crippen molar-refractivity contribution in [3.8, 4) is 23.0 Å². The van der Waals surface area contributed by atoms with E-state index in [1.807, 2.05) is 12.1 Å². The Bertz CT molecular complexity index is 1120. The van der Waals surface area contributed by atoms with Crippen LogP contribution in [0.2, 0.25) is 5.02 Å². The predicted octanol–water partition coefficient (Wildman–Crippen LogP) is 5.67. The summed E-state index contributed by atoms with van der Waals surface area (Å²) in [6.45, 7) is 0.425. The topological polar surface area (TPSA) is 69.2 Å². The molecule has 3 unspecified atom stereocenters. The molecule has 6 nitrogen and oxygen atoms in total. The van der Waals surface area contributed by atoms with Crippen molar-refractivity contribution in [1.29, 1.82) is 0 Å². The first-order chi connectivity index (χ1) is 15.5. The van der Waals surface area contributed by atoms with E-state index in [0.717, 1.165) is 5.56 Å². The van der Waals surface area contributed by atoms with E-state index in [2.05, 4.69) is 5.32 Å². The van der Waals surface area contributed by atoms with Crippen molar-refractivity contribution in [3.05, 3.63) is 76.3 Å². The van der Waals surface area contributed by atoms with Crippen molar-refractivity contribution >= 4 is 26.1 Å². The van der Waals surface area contributed by atoms with Gasteiger partial charge in [0.1, 0.15) is 17.6 Å². The van der Waals surface area contributed by atoms with Crippen molar-refractivity contribution in [2.45, 2.75) is 18.7 Å². The Labute approximate surface area is 192 Å². The number of halogens is 2. The molecule has 2 N–H and O–H groups in total. The number of ether oxygens (including phenoxy) is 3. The third-order valence-corrected chi connectivity index (χ3v) is 5.93. The van der Waals surface area contributed by atoms with E-state index in [1.165, 1.54) is 0 Å². The molecule has 1 heterocycles. The maximum absolute atomic E-state index is 13.8. The van der Waals surface area contributed by atoms with E-state index >= 15 is 0 Å². The van der Waals surface area contributed by atoms with Gasteiger partial charge >= 0.3 is 0 Å². The molecule has 3 atom stereocenters. The van der Waals surface area contributed by atoms with Crippen LogP contribution in [0.15, 0.2) is 54.6 Å². The van der Waals surface area contributed by atoms with Crippen LogP contribution < -0.4 is 24.1 Å². The van der Waals surface area contributed by atoms with Crippen LogP contribution in [0.4, 0.5) is 10.1 Å². The minimum atomic E-state index is -1.57. The fraction of sp³-hybridized carbons (Fsp3) is 0.217. The van der Waals surface area contributed by atoms with Crippen molar-refractivity contribution in [1.82, 2.24) is 0 Å². The first-order valence-corrected chi connectivity index (χ1v) is 11.1. The number of alkyl halides is 1. The van der Waals surface area contributed by atoms with Crippen LogP contribution in [0.3, 0.4) is 0 Å². The number of rotatable bonds is 7. The number of nitrogens with one attached hydrogen (secondary N) is 1. The highest BCUT2D eigenvalue weighted by Gasteiger charge is 2.28. The molecule has 4 rings (SSSR count). The summed E-state index contributed by atoms with van der Waals surface area (Å²) in [5.74, 6) is 1.95. The molecule has 1 aliphatic rings. The molecular weight excluding hydrogens is 456 g/mol. The van der Waals surface area contributed by atoms with Crippen LogP contribution in [-0.4, -0.2) is 25.4 Å². The highest BCUT2D eigenvalue weighted by Crippen LogP contribution is 2.46. The van der Waals surface area contributed by atoms with Crippen LogP contribution in [0.1, 0.15) is 22.8 Å². The molecule has 0 spiro atoms. The summed E-state index contributed by atoms with van der Waals surface area (Å²) in [6, 6.07) is 15.8. The van der Waals surface area contributed by atoms with Crippen molar-refractivity contribution < 1.29 is 28.2 Å². The van der Waals surface area contributed by atoms with Gasteiger partial charge in [-0.3, -0.25) is 0 Å². The molecule has 0 bridgehead atoms. The Hall–Kier alpha value is -2.73. The van der Waals surface area contributed by atoms with Crippen LogP contribution >= 0.6 is 20.4 Å². The molecule has 0 saturated heterocycles. The summed E-state index contributed by atoms with van der Waals surface area (Å²) in [6.07, 6.45) is -2.70. The normalized spacial score (nSPS) is 16.5. The highest BCUT2D eigenvalue weighted by molar-refractivity contribution is 7.33. The number of aliphatic hydroxyl groups is 1. The molecule has 9 heteroatoms. The average Bonchev–Trinajstić information content (AvgIpc) is 2.82. The van der Waals surface area contributed by atoms with Gasteiger partial charge in [0.15, 0.2) is 20.3 Å². The number of para-hydroxylation sites is 1. The minimum absolute atomic E-state index is 0.189. The molecule has 3 aromatic rings. The molecule has 32 heavy (non-hydrogen) atoms. The highest BCUT2D eigenvalue weighted by atomic mass is 35.5. The predicted molar refractivity (Wildman–Crippen MR) is 123 cm³/mol. The summed E-state index contributed by atoms with van der Waals surface area (Å²) >= 11 is 6.23. The van der Waals surface area contributed by atoms with Gasteiger partial charge in [-0.2, -0.15) is 4.39 Å². The molecule has 0 fully saturated rings. The zero-order chi connectivity index (χ0) is 22.7. The molecule has 0 amide bonds. The molecule has 1 aliphatic heterocycles. The number of aliphatic hydroxyl groups excluding tert-OH is 1. The van der Waals surface area contributed by atoms with Gasteiger partial charge in [-0.25, -0.2) is 0 Å². The molecule has 0 aromatic heterocycles. The lowest BCUT2D eigenvalue weighted by atomic mass is 9.98. The van der Waals surface area contributed by atoms with E-state index in [-0.39, 0.29) is 5.75 Å². The van der Waals surface area contributed by atoms with Crippen LogP contribution in [0, 0.1) is 0 Å². The standard InChI is InChI=1S/C23H22ClFNO5P/c1-28-15-8-6-13(20(11-15)29-2)12-26-18-9-7-14(24)10-17(18)21(27)16-4-3-5-19-22(16)30-23(25)32-31-19/h3-11,21,23,26-27,32H,12H2,1-2H3. The van der Waals surface area contributed by atoms with E-state index in [1.54, 1.807) is 56.7 Å². The van der Waals surface area contributed by atoms with E-state index in [0.29, 0.717) is 45.6 Å². The van der Waals surface area contributed by atoms with Gasteiger partial charge in [-0.05, 0) is 36.4 Å². The first-order valence-electron chi connectivity index (χ1n) is 9.78. The smallest absolute Gasteiger partial charge is 0.288 e. The van der Waals surface area contributed by atoms with Gasteiger partial charge in [0.2, 0.25) is 0 Å². The van der Waals surface area contributed by atoms with Crippen LogP contribution in [0.5, 0.6) is 23.0 Å². The third-order valence-electron chi connectivity index (χ3n) is 5.06. The Balaban J connectivity index is 1.64. The molecule has 168 valence electrons. The second-order valence-electron chi connectivity index (χ2n) is 6.99. The monoisotopic (exact) mass is 477 g/mol. The number of benzene rings is 3. The molecule has 0 saturated carbocycles. The Morgan fingerprint density at radius 2 is 1.97 bits per heavy atom. The molecule has 3 aromatic carbocycles. The second kappa shape index (κ2) is 9.82. The molecule has 0 radical (unpaired) electrons. The number of hydrogen-bond acceptors (Lipinski definition) is 6. The van der Waals surface area contributed by atoms with Crippen LogP contribution in [-0.2, 0) is 6.54 Å². The van der Waals surface area contributed by atoms with Crippen LogP contribution in [0.25, 0.3) is 0 Å². The Kier molecular flexibility index (Phi) is 6.89. The van der Waals surface area contributed by atoms with Crippen molar-refractivity contribution in [3.63, 3.8) is 0 Å². The maximum Gasteiger partial charge on any atom is 0.288 e. The van der Waals surface area contributed by atoms with E-state index in [9.17, 15) is 9.50 Å².